The molecular weight excluding hydrogens is 583 g/mol. The molecule has 0 atom stereocenters. The van der Waals surface area contributed by atoms with Gasteiger partial charge in [-0.25, -0.2) is 0 Å². The molecule has 0 aliphatic carbocycles. The predicted molar refractivity (Wildman–Crippen MR) is 204 cm³/mol. The lowest BCUT2D eigenvalue weighted by atomic mass is 9.88. The Bertz CT molecular complexity index is 2790. The van der Waals surface area contributed by atoms with Gasteiger partial charge in [0.25, 0.3) is 0 Å². The van der Waals surface area contributed by atoms with Gasteiger partial charge in [0.1, 0.15) is 11.2 Å². The van der Waals surface area contributed by atoms with Gasteiger partial charge in [-0.2, -0.15) is 0 Å². The first kappa shape index (κ1) is 26.8. The zero-order valence-corrected chi connectivity index (χ0v) is 26.1. The second-order valence-corrected chi connectivity index (χ2v) is 12.4. The maximum Gasteiger partial charge on any atom is 0.136 e. The van der Waals surface area contributed by atoms with Crippen LogP contribution in [0.1, 0.15) is 0 Å². The fraction of sp³-hybridized carbons (Fsp3) is 0. The van der Waals surface area contributed by atoms with Gasteiger partial charge in [0.15, 0.2) is 0 Å². The lowest BCUT2D eigenvalue weighted by molar-refractivity contribution is 0.669. The molecule has 0 N–H and O–H groups in total. The van der Waals surface area contributed by atoms with Crippen molar-refractivity contribution in [1.29, 1.82) is 0 Å². The summed E-state index contributed by atoms with van der Waals surface area (Å²) < 4.78 is 6.33. The first-order valence-electron chi connectivity index (χ1n) is 16.4. The SMILES string of the molecule is c1ccc(N(c2ccc(-c3cccc4c5ccc6oc7ccccc7c6c5c5ccccc5c34)cc2)c2cccc3ccccc23)cc1. The lowest BCUT2D eigenvalue weighted by Gasteiger charge is -2.27. The van der Waals surface area contributed by atoms with Gasteiger partial charge in [-0.05, 0) is 92.0 Å². The van der Waals surface area contributed by atoms with Crippen molar-refractivity contribution in [2.75, 3.05) is 4.90 Å². The molecule has 0 saturated carbocycles. The van der Waals surface area contributed by atoms with E-state index in [1.54, 1.807) is 0 Å². The van der Waals surface area contributed by atoms with Gasteiger partial charge in [-0.3, -0.25) is 0 Å². The molecule has 0 fully saturated rings. The molecule has 0 aliphatic rings. The van der Waals surface area contributed by atoms with Crippen LogP contribution in [0.5, 0.6) is 0 Å². The molecule has 0 radical (unpaired) electrons. The minimum Gasteiger partial charge on any atom is -0.456 e. The third-order valence-corrected chi connectivity index (χ3v) is 9.82. The molecule has 0 saturated heterocycles. The van der Waals surface area contributed by atoms with Crippen molar-refractivity contribution in [2.24, 2.45) is 0 Å². The van der Waals surface area contributed by atoms with Crippen molar-refractivity contribution in [1.82, 2.24) is 0 Å². The van der Waals surface area contributed by atoms with E-state index in [0.29, 0.717) is 0 Å². The number of nitrogens with zero attached hydrogens (tertiary/aromatic N) is 1. The molecule has 1 aromatic heterocycles. The van der Waals surface area contributed by atoms with Crippen LogP contribution in [0, 0.1) is 0 Å². The molecule has 0 bridgehead atoms. The van der Waals surface area contributed by atoms with Crippen LogP contribution < -0.4 is 4.90 Å². The normalized spacial score (nSPS) is 11.8. The summed E-state index contributed by atoms with van der Waals surface area (Å²) >= 11 is 0. The highest BCUT2D eigenvalue weighted by Gasteiger charge is 2.19. The van der Waals surface area contributed by atoms with Gasteiger partial charge in [0.05, 0.1) is 5.69 Å². The van der Waals surface area contributed by atoms with Crippen molar-refractivity contribution < 1.29 is 4.42 Å². The molecular formula is C46H29NO. The Kier molecular flexibility index (Phi) is 5.91. The third kappa shape index (κ3) is 4.00. The van der Waals surface area contributed by atoms with E-state index in [4.69, 9.17) is 4.42 Å². The quantitative estimate of drug-likeness (QED) is 0.184. The average molecular weight is 612 g/mol. The van der Waals surface area contributed by atoms with E-state index in [-0.39, 0.29) is 0 Å². The molecule has 10 rings (SSSR count). The number of para-hydroxylation sites is 2. The Labute approximate surface area is 277 Å². The molecule has 224 valence electrons. The molecule has 9 aromatic carbocycles. The molecule has 10 aromatic rings. The first-order valence-corrected chi connectivity index (χ1v) is 16.4. The van der Waals surface area contributed by atoms with Crippen LogP contribution in [0.4, 0.5) is 17.1 Å². The third-order valence-electron chi connectivity index (χ3n) is 9.82. The minimum absolute atomic E-state index is 0.922. The lowest BCUT2D eigenvalue weighted by Crippen LogP contribution is -2.10. The van der Waals surface area contributed by atoms with Crippen LogP contribution in [-0.4, -0.2) is 0 Å². The van der Waals surface area contributed by atoms with E-state index in [9.17, 15) is 0 Å². The summed E-state index contributed by atoms with van der Waals surface area (Å²) in [7, 11) is 0. The highest BCUT2D eigenvalue weighted by Crippen LogP contribution is 2.45. The van der Waals surface area contributed by atoms with Gasteiger partial charge in [-0.15, -0.1) is 0 Å². The number of benzene rings is 9. The van der Waals surface area contributed by atoms with Crippen molar-refractivity contribution in [2.45, 2.75) is 0 Å². The Morgan fingerprint density at radius 1 is 0.333 bits per heavy atom. The van der Waals surface area contributed by atoms with E-state index in [2.05, 4.69) is 175 Å². The van der Waals surface area contributed by atoms with E-state index in [1.807, 2.05) is 6.07 Å². The summed E-state index contributed by atoms with van der Waals surface area (Å²) in [6, 6.07) is 63.2. The van der Waals surface area contributed by atoms with Crippen LogP contribution >= 0.6 is 0 Å². The number of rotatable bonds is 4. The summed E-state index contributed by atoms with van der Waals surface area (Å²) in [6.45, 7) is 0. The number of furan rings is 1. The second kappa shape index (κ2) is 10.6. The topological polar surface area (TPSA) is 16.4 Å². The van der Waals surface area contributed by atoms with Gasteiger partial charge in [0, 0.05) is 32.9 Å². The Hall–Kier alpha value is -6.38. The Balaban J connectivity index is 1.20. The molecule has 0 amide bonds. The highest BCUT2D eigenvalue weighted by molar-refractivity contribution is 6.36. The highest BCUT2D eigenvalue weighted by atomic mass is 16.3. The number of hydrogen-bond donors (Lipinski definition) is 0. The van der Waals surface area contributed by atoms with Crippen LogP contribution in [0.15, 0.2) is 180 Å². The van der Waals surface area contributed by atoms with E-state index < -0.39 is 0 Å². The summed E-state index contributed by atoms with van der Waals surface area (Å²) in [5, 5.41) is 12.3. The monoisotopic (exact) mass is 611 g/mol. The summed E-state index contributed by atoms with van der Waals surface area (Å²) in [5.74, 6) is 0. The van der Waals surface area contributed by atoms with Gasteiger partial charge in [0.2, 0.25) is 0 Å². The molecule has 0 unspecified atom stereocenters. The maximum absolute atomic E-state index is 6.33. The smallest absolute Gasteiger partial charge is 0.136 e. The first-order chi connectivity index (χ1) is 23.8. The Morgan fingerprint density at radius 3 is 1.73 bits per heavy atom. The molecule has 48 heavy (non-hydrogen) atoms. The molecule has 0 spiro atoms. The summed E-state index contributed by atoms with van der Waals surface area (Å²) in [4.78, 5) is 2.36. The van der Waals surface area contributed by atoms with Crippen molar-refractivity contribution in [3.63, 3.8) is 0 Å². The van der Waals surface area contributed by atoms with Gasteiger partial charge >= 0.3 is 0 Å². The van der Waals surface area contributed by atoms with Crippen molar-refractivity contribution in [3.05, 3.63) is 176 Å². The minimum atomic E-state index is 0.922. The predicted octanol–water partition coefficient (Wildman–Crippen LogP) is 13.3. The standard InChI is InChI=1S/C46H29NO/c1-2-14-32(15-3-1)47(41-22-10-13-30-12-4-5-16-34(30)41)33-26-24-31(25-27-33)35-20-11-21-37-39-28-29-43-46(40-19-8-9-23-42(40)48-43)45(39)38-18-7-6-17-36(38)44(35)37/h1-29H. The maximum atomic E-state index is 6.33. The molecule has 2 nitrogen and oxygen atoms in total. The zero-order valence-electron chi connectivity index (χ0n) is 26.1. The van der Waals surface area contributed by atoms with Gasteiger partial charge in [-0.1, -0.05) is 127 Å². The fourth-order valence-electron chi connectivity index (χ4n) is 7.75. The largest absolute Gasteiger partial charge is 0.456 e. The van der Waals surface area contributed by atoms with Crippen molar-refractivity contribution >= 4 is 82.1 Å². The van der Waals surface area contributed by atoms with Crippen LogP contribution in [0.25, 0.3) is 76.2 Å². The van der Waals surface area contributed by atoms with Crippen LogP contribution in [-0.2, 0) is 0 Å². The van der Waals surface area contributed by atoms with Crippen molar-refractivity contribution in [3.8, 4) is 11.1 Å². The van der Waals surface area contributed by atoms with E-state index in [1.165, 1.54) is 59.6 Å². The average Bonchev–Trinajstić information content (AvgIpc) is 3.54. The number of anilines is 3. The summed E-state index contributed by atoms with van der Waals surface area (Å²) in [5.41, 5.74) is 7.67. The number of hydrogen-bond acceptors (Lipinski definition) is 2. The second-order valence-electron chi connectivity index (χ2n) is 12.4. The van der Waals surface area contributed by atoms with E-state index >= 15 is 0 Å². The molecule has 1 heterocycles. The van der Waals surface area contributed by atoms with Crippen LogP contribution in [0.3, 0.4) is 0 Å². The molecule has 2 heteroatoms. The fourth-order valence-corrected chi connectivity index (χ4v) is 7.75. The summed E-state index contributed by atoms with van der Waals surface area (Å²) in [6.07, 6.45) is 0. The Morgan fingerprint density at radius 2 is 0.917 bits per heavy atom. The van der Waals surface area contributed by atoms with E-state index in [0.717, 1.165) is 33.6 Å². The zero-order chi connectivity index (χ0) is 31.6. The molecule has 0 aliphatic heterocycles. The van der Waals surface area contributed by atoms with Gasteiger partial charge < -0.3 is 9.32 Å². The number of fused-ring (bicyclic) bond motifs is 11. The van der Waals surface area contributed by atoms with Crippen LogP contribution in [0.2, 0.25) is 0 Å².